The average molecular weight is 536 g/mol. The molecular formula is C26H25ClF3N3O4. The summed E-state index contributed by atoms with van der Waals surface area (Å²) in [5, 5.41) is 10.6. The lowest BCUT2D eigenvalue weighted by Crippen LogP contribution is -2.32. The van der Waals surface area contributed by atoms with Crippen LogP contribution in [0.15, 0.2) is 48.5 Å². The number of nitrogens with two attached hydrogens (primary N) is 1. The van der Waals surface area contributed by atoms with E-state index < -0.39 is 35.0 Å². The van der Waals surface area contributed by atoms with Crippen LogP contribution < -0.4 is 20.5 Å². The maximum absolute atomic E-state index is 14.6. The number of methoxy groups -OCH3 is 1. The van der Waals surface area contributed by atoms with Gasteiger partial charge in [0.2, 0.25) is 0 Å². The first-order valence-corrected chi connectivity index (χ1v) is 11.5. The molecule has 3 rings (SSSR count). The molecule has 0 fully saturated rings. The van der Waals surface area contributed by atoms with E-state index in [0.29, 0.717) is 16.1 Å². The number of carbonyl (C=O) groups is 1. The van der Waals surface area contributed by atoms with Crippen LogP contribution in [0, 0.1) is 22.9 Å². The molecule has 0 aromatic heterocycles. The molecule has 1 atom stereocenters. The number of ether oxygens (including phenoxy) is 3. The van der Waals surface area contributed by atoms with E-state index in [1.807, 2.05) is 0 Å². The second-order valence-electron chi connectivity index (χ2n) is 7.82. The topological polar surface area (TPSA) is 107 Å². The van der Waals surface area contributed by atoms with Gasteiger partial charge in [0.05, 0.1) is 12.7 Å². The number of hydrogen-bond donors (Lipinski definition) is 3. The van der Waals surface area contributed by atoms with Crippen molar-refractivity contribution in [2.45, 2.75) is 26.2 Å². The fraction of sp³-hybridized carbons (Fsp3) is 0.231. The molecule has 0 heterocycles. The van der Waals surface area contributed by atoms with Crippen LogP contribution in [0.4, 0.5) is 13.2 Å². The smallest absolute Gasteiger partial charge is 0.254 e. The van der Waals surface area contributed by atoms with Crippen LogP contribution in [-0.4, -0.2) is 25.5 Å². The Morgan fingerprint density at radius 3 is 2.38 bits per heavy atom. The number of halogens is 4. The van der Waals surface area contributed by atoms with Crippen molar-refractivity contribution < 1.29 is 32.2 Å². The maximum atomic E-state index is 14.6. The van der Waals surface area contributed by atoms with Crippen molar-refractivity contribution in [2.75, 3.05) is 13.7 Å². The Kier molecular flexibility index (Phi) is 9.37. The number of nitrogen functional groups attached to an aromatic ring is 1. The molecule has 37 heavy (non-hydrogen) atoms. The maximum Gasteiger partial charge on any atom is 0.254 e. The minimum absolute atomic E-state index is 0.00979. The van der Waals surface area contributed by atoms with Crippen LogP contribution >= 0.6 is 11.6 Å². The van der Waals surface area contributed by atoms with Gasteiger partial charge in [-0.1, -0.05) is 23.7 Å². The fourth-order valence-corrected chi connectivity index (χ4v) is 3.67. The second kappa shape index (κ2) is 12.5. The van der Waals surface area contributed by atoms with Gasteiger partial charge in [0.1, 0.15) is 41.4 Å². The molecule has 7 nitrogen and oxygen atoms in total. The van der Waals surface area contributed by atoms with E-state index in [-0.39, 0.29) is 42.7 Å². The van der Waals surface area contributed by atoms with E-state index in [1.165, 1.54) is 31.4 Å². The molecule has 3 aromatic carbocycles. The van der Waals surface area contributed by atoms with Gasteiger partial charge in [-0.2, -0.15) is 0 Å². The van der Waals surface area contributed by atoms with E-state index in [4.69, 9.17) is 37.0 Å². The zero-order valence-electron chi connectivity index (χ0n) is 20.0. The molecule has 0 saturated carbocycles. The number of amidine groups is 1. The van der Waals surface area contributed by atoms with Crippen molar-refractivity contribution >= 4 is 23.3 Å². The predicted octanol–water partition coefficient (Wildman–Crippen LogP) is 5.02. The summed E-state index contributed by atoms with van der Waals surface area (Å²) >= 11 is 5.94. The molecule has 0 aliphatic heterocycles. The molecule has 11 heteroatoms. The highest BCUT2D eigenvalue weighted by molar-refractivity contribution is 6.30. The summed E-state index contributed by atoms with van der Waals surface area (Å²) in [4.78, 5) is 13.0. The number of nitrogens with one attached hydrogen (secondary N) is 2. The van der Waals surface area contributed by atoms with Gasteiger partial charge in [-0.3, -0.25) is 10.2 Å². The molecule has 0 saturated heterocycles. The Morgan fingerprint density at radius 2 is 1.76 bits per heavy atom. The fourth-order valence-electron chi connectivity index (χ4n) is 3.47. The lowest BCUT2D eigenvalue weighted by atomic mass is 10.1. The summed E-state index contributed by atoms with van der Waals surface area (Å²) in [7, 11) is 1.26. The van der Waals surface area contributed by atoms with Crippen molar-refractivity contribution in [1.29, 1.82) is 5.41 Å². The zero-order chi connectivity index (χ0) is 27.1. The normalized spacial score (nSPS) is 11.6. The van der Waals surface area contributed by atoms with Gasteiger partial charge in [-0.25, -0.2) is 13.2 Å². The first kappa shape index (κ1) is 27.8. The van der Waals surface area contributed by atoms with Crippen LogP contribution in [0.3, 0.4) is 0 Å². The molecule has 0 spiro atoms. The first-order chi connectivity index (χ1) is 17.6. The second-order valence-corrected chi connectivity index (χ2v) is 8.25. The van der Waals surface area contributed by atoms with Crippen LogP contribution in [0.5, 0.6) is 11.5 Å². The molecule has 196 valence electrons. The third-order valence-corrected chi connectivity index (χ3v) is 5.58. The molecule has 4 N–H and O–H groups in total. The summed E-state index contributed by atoms with van der Waals surface area (Å²) in [6.07, 6.45) is -1.57. The van der Waals surface area contributed by atoms with Gasteiger partial charge in [0.25, 0.3) is 5.91 Å². The number of hydrogen-bond acceptors (Lipinski definition) is 5. The van der Waals surface area contributed by atoms with Gasteiger partial charge in [-0.15, -0.1) is 0 Å². The highest BCUT2D eigenvalue weighted by atomic mass is 35.5. The largest absolute Gasteiger partial charge is 0.497 e. The quantitative estimate of drug-likeness (QED) is 0.236. The average Bonchev–Trinajstić information content (AvgIpc) is 2.86. The molecule has 0 bridgehead atoms. The van der Waals surface area contributed by atoms with Crippen LogP contribution in [0.1, 0.15) is 35.3 Å². The Labute approximate surface area is 216 Å². The first-order valence-electron chi connectivity index (χ1n) is 11.1. The summed E-state index contributed by atoms with van der Waals surface area (Å²) in [6, 6.07) is 10.5. The van der Waals surface area contributed by atoms with Gasteiger partial charge in [-0.05, 0) is 31.2 Å². The lowest BCUT2D eigenvalue weighted by molar-refractivity contribution is -0.133. The Hall–Kier alpha value is -3.76. The third kappa shape index (κ3) is 6.93. The van der Waals surface area contributed by atoms with E-state index in [2.05, 4.69) is 5.32 Å². The van der Waals surface area contributed by atoms with Crippen molar-refractivity contribution in [2.24, 2.45) is 5.73 Å². The van der Waals surface area contributed by atoms with E-state index in [9.17, 15) is 18.0 Å². The molecule has 0 radical (unpaired) electrons. The highest BCUT2D eigenvalue weighted by Gasteiger charge is 2.28. The Bertz CT molecular complexity index is 1280. The third-order valence-electron chi connectivity index (χ3n) is 5.34. The van der Waals surface area contributed by atoms with Crippen molar-refractivity contribution in [3.63, 3.8) is 0 Å². The number of benzene rings is 3. The van der Waals surface area contributed by atoms with E-state index in [0.717, 1.165) is 12.1 Å². The molecule has 0 aliphatic carbocycles. The molecule has 3 aromatic rings. The van der Waals surface area contributed by atoms with Crippen LogP contribution in [0.25, 0.3) is 0 Å². The standard InChI is InChI=1S/C26H25ClF3N3O4/c1-3-36-24(23-20(29)10-18(35-2)11-21(23)30)26(34)33-12-15-5-4-14(25(31)32)9-22(15)37-13-16-8-17(27)6-7-19(16)28/h4-11,24H,3,12-13H2,1-2H3,(H3,31,32)(H,33,34). The number of rotatable bonds is 11. The Morgan fingerprint density at radius 1 is 1.05 bits per heavy atom. The van der Waals surface area contributed by atoms with Gasteiger partial charge in [0, 0.05) is 47.0 Å². The minimum Gasteiger partial charge on any atom is -0.497 e. The summed E-state index contributed by atoms with van der Waals surface area (Å²) in [6.45, 7) is 1.27. The SMILES string of the molecule is CCOC(C(=O)NCc1ccc(C(=N)N)cc1OCc1cc(Cl)ccc1F)c1c(F)cc(OC)cc1F. The summed E-state index contributed by atoms with van der Waals surface area (Å²) in [5.41, 5.74) is 5.99. The monoisotopic (exact) mass is 535 g/mol. The van der Waals surface area contributed by atoms with Gasteiger partial charge < -0.3 is 25.3 Å². The molecule has 1 unspecified atom stereocenters. The number of carbonyl (C=O) groups excluding carboxylic acids is 1. The van der Waals surface area contributed by atoms with Crippen molar-refractivity contribution in [3.8, 4) is 11.5 Å². The summed E-state index contributed by atoms with van der Waals surface area (Å²) in [5.74, 6) is -3.37. The van der Waals surface area contributed by atoms with Gasteiger partial charge in [0.15, 0.2) is 6.10 Å². The minimum atomic E-state index is -1.57. The number of amides is 1. The van der Waals surface area contributed by atoms with Crippen LogP contribution in [0.2, 0.25) is 5.02 Å². The summed E-state index contributed by atoms with van der Waals surface area (Å²) < 4.78 is 59.4. The molecule has 0 aliphatic rings. The molecular weight excluding hydrogens is 511 g/mol. The predicted molar refractivity (Wildman–Crippen MR) is 132 cm³/mol. The highest BCUT2D eigenvalue weighted by Crippen LogP contribution is 2.29. The van der Waals surface area contributed by atoms with E-state index >= 15 is 0 Å². The van der Waals surface area contributed by atoms with Gasteiger partial charge >= 0.3 is 0 Å². The zero-order valence-corrected chi connectivity index (χ0v) is 20.8. The Balaban J connectivity index is 1.84. The molecule has 1 amide bonds. The van der Waals surface area contributed by atoms with Crippen molar-refractivity contribution in [1.82, 2.24) is 5.32 Å². The lowest BCUT2D eigenvalue weighted by Gasteiger charge is -2.20. The van der Waals surface area contributed by atoms with Crippen molar-refractivity contribution in [3.05, 3.63) is 93.3 Å². The van der Waals surface area contributed by atoms with E-state index in [1.54, 1.807) is 19.1 Å². The van der Waals surface area contributed by atoms with Crippen LogP contribution in [-0.2, 0) is 22.7 Å².